The summed E-state index contributed by atoms with van der Waals surface area (Å²) in [5.41, 5.74) is 2.04. The van der Waals surface area contributed by atoms with Gasteiger partial charge in [0.15, 0.2) is 0 Å². The maximum Gasteiger partial charge on any atom is 0.238 e. The molecular formula is C25H28N2O2S. The normalized spacial score (nSPS) is 11.8. The van der Waals surface area contributed by atoms with E-state index in [-0.39, 0.29) is 11.2 Å². The molecule has 3 aromatic carbocycles. The summed E-state index contributed by atoms with van der Waals surface area (Å²) in [6, 6.07) is 27.8. The monoisotopic (exact) mass is 420 g/mol. The summed E-state index contributed by atoms with van der Waals surface area (Å²) in [6.45, 7) is 2.01. The molecule has 0 saturated carbocycles. The standard InChI is InChI=1S/C25H28N2O2S/c1-27(2)17-18-29-22-15-13-20(14-16-22)19-26-25(28)24(21-9-5-3-6-10-21)30-23-11-7-4-8-12-23/h3-16,24H,17-19H2,1-2H3,(H,26,28). The summed E-state index contributed by atoms with van der Waals surface area (Å²) in [5.74, 6) is 0.843. The molecule has 5 heteroatoms. The van der Waals surface area contributed by atoms with Crippen LogP contribution in [0.1, 0.15) is 16.4 Å². The number of carbonyl (C=O) groups is 1. The third-order valence-electron chi connectivity index (χ3n) is 4.53. The van der Waals surface area contributed by atoms with Crippen molar-refractivity contribution >= 4 is 17.7 Å². The number of amides is 1. The zero-order chi connectivity index (χ0) is 21.2. The molecule has 0 aliphatic carbocycles. The van der Waals surface area contributed by atoms with Crippen molar-refractivity contribution in [2.75, 3.05) is 27.2 Å². The number of nitrogens with one attached hydrogen (secondary N) is 1. The molecule has 3 aromatic rings. The first-order valence-corrected chi connectivity index (χ1v) is 10.9. The number of likely N-dealkylation sites (N-methyl/N-ethyl adjacent to an activating group) is 1. The average molecular weight is 421 g/mol. The lowest BCUT2D eigenvalue weighted by atomic mass is 10.1. The lowest BCUT2D eigenvalue weighted by Gasteiger charge is -2.17. The highest BCUT2D eigenvalue weighted by molar-refractivity contribution is 8.00. The fraction of sp³-hybridized carbons (Fsp3) is 0.240. The van der Waals surface area contributed by atoms with Crippen LogP contribution in [0.15, 0.2) is 89.8 Å². The van der Waals surface area contributed by atoms with E-state index >= 15 is 0 Å². The lowest BCUT2D eigenvalue weighted by Crippen LogP contribution is -2.27. The first-order valence-electron chi connectivity index (χ1n) is 10.0. The van der Waals surface area contributed by atoms with Crippen LogP contribution in [0.2, 0.25) is 0 Å². The number of ether oxygens (including phenoxy) is 1. The molecule has 0 aromatic heterocycles. The van der Waals surface area contributed by atoms with Crippen LogP contribution < -0.4 is 10.1 Å². The second-order valence-electron chi connectivity index (χ2n) is 7.24. The van der Waals surface area contributed by atoms with Gasteiger partial charge in [-0.15, -0.1) is 11.8 Å². The maximum absolute atomic E-state index is 13.0. The SMILES string of the molecule is CN(C)CCOc1ccc(CNC(=O)C(Sc2ccccc2)c2ccccc2)cc1. The molecule has 0 aliphatic heterocycles. The Morgan fingerprint density at radius 2 is 1.57 bits per heavy atom. The van der Waals surface area contributed by atoms with E-state index in [1.807, 2.05) is 99.0 Å². The highest BCUT2D eigenvalue weighted by Gasteiger charge is 2.21. The number of benzene rings is 3. The zero-order valence-corrected chi connectivity index (χ0v) is 18.3. The van der Waals surface area contributed by atoms with Gasteiger partial charge in [0.25, 0.3) is 0 Å². The van der Waals surface area contributed by atoms with E-state index in [9.17, 15) is 4.79 Å². The van der Waals surface area contributed by atoms with E-state index in [2.05, 4.69) is 10.2 Å². The van der Waals surface area contributed by atoms with Crippen molar-refractivity contribution in [1.82, 2.24) is 10.2 Å². The molecule has 0 saturated heterocycles. The quantitative estimate of drug-likeness (QED) is 0.480. The number of hydrogen-bond donors (Lipinski definition) is 1. The molecule has 1 amide bonds. The summed E-state index contributed by atoms with van der Waals surface area (Å²) >= 11 is 1.56. The topological polar surface area (TPSA) is 41.6 Å². The van der Waals surface area contributed by atoms with Crippen LogP contribution in [0.4, 0.5) is 0 Å². The molecule has 1 atom stereocenters. The van der Waals surface area contributed by atoms with Gasteiger partial charge in [-0.3, -0.25) is 4.79 Å². The minimum atomic E-state index is -0.303. The molecule has 1 unspecified atom stereocenters. The zero-order valence-electron chi connectivity index (χ0n) is 17.5. The van der Waals surface area contributed by atoms with E-state index in [1.54, 1.807) is 11.8 Å². The Morgan fingerprint density at radius 3 is 2.20 bits per heavy atom. The molecule has 0 aliphatic rings. The van der Waals surface area contributed by atoms with Crippen LogP contribution in [0.25, 0.3) is 0 Å². The first-order chi connectivity index (χ1) is 14.6. The second-order valence-corrected chi connectivity index (χ2v) is 8.41. The minimum Gasteiger partial charge on any atom is -0.492 e. The van der Waals surface area contributed by atoms with Gasteiger partial charge in [0.05, 0.1) is 0 Å². The van der Waals surface area contributed by atoms with E-state index < -0.39 is 0 Å². The van der Waals surface area contributed by atoms with Crippen molar-refractivity contribution in [3.05, 3.63) is 96.1 Å². The van der Waals surface area contributed by atoms with Gasteiger partial charge in [-0.1, -0.05) is 60.7 Å². The summed E-state index contributed by atoms with van der Waals surface area (Å²) in [7, 11) is 4.04. The van der Waals surface area contributed by atoms with Crippen LogP contribution in [-0.2, 0) is 11.3 Å². The first kappa shape index (κ1) is 21.9. The fourth-order valence-corrected chi connectivity index (χ4v) is 3.94. The number of nitrogens with zero attached hydrogens (tertiary/aromatic N) is 1. The van der Waals surface area contributed by atoms with Crippen molar-refractivity contribution in [3.63, 3.8) is 0 Å². The lowest BCUT2D eigenvalue weighted by molar-refractivity contribution is -0.120. The van der Waals surface area contributed by atoms with Crippen LogP contribution in [-0.4, -0.2) is 38.1 Å². The molecule has 0 heterocycles. The molecule has 0 radical (unpaired) electrons. The Hall–Kier alpha value is -2.76. The van der Waals surface area contributed by atoms with Gasteiger partial charge in [-0.2, -0.15) is 0 Å². The van der Waals surface area contributed by atoms with Crippen molar-refractivity contribution in [3.8, 4) is 5.75 Å². The Balaban J connectivity index is 1.60. The van der Waals surface area contributed by atoms with Crippen LogP contribution >= 0.6 is 11.8 Å². The van der Waals surface area contributed by atoms with Crippen LogP contribution in [0, 0.1) is 0 Å². The molecule has 1 N–H and O–H groups in total. The smallest absolute Gasteiger partial charge is 0.238 e. The Labute approximate surface area is 183 Å². The molecule has 4 nitrogen and oxygen atoms in total. The van der Waals surface area contributed by atoms with Gasteiger partial charge < -0.3 is 15.0 Å². The summed E-state index contributed by atoms with van der Waals surface area (Å²) in [5, 5.41) is 2.78. The van der Waals surface area contributed by atoms with Gasteiger partial charge in [-0.25, -0.2) is 0 Å². The van der Waals surface area contributed by atoms with Gasteiger partial charge >= 0.3 is 0 Å². The summed E-state index contributed by atoms with van der Waals surface area (Å²) in [4.78, 5) is 16.2. The molecule has 3 rings (SSSR count). The molecule has 0 spiro atoms. The maximum atomic E-state index is 13.0. The third-order valence-corrected chi connectivity index (χ3v) is 5.80. The highest BCUT2D eigenvalue weighted by Crippen LogP contribution is 2.35. The van der Waals surface area contributed by atoms with Gasteiger partial charge in [0, 0.05) is 18.0 Å². The van der Waals surface area contributed by atoms with E-state index in [4.69, 9.17) is 4.74 Å². The largest absolute Gasteiger partial charge is 0.492 e. The molecule has 30 heavy (non-hydrogen) atoms. The Morgan fingerprint density at radius 1 is 0.933 bits per heavy atom. The number of carbonyl (C=O) groups excluding carboxylic acids is 1. The number of rotatable bonds is 10. The van der Waals surface area contributed by atoms with Crippen molar-refractivity contribution < 1.29 is 9.53 Å². The number of hydrogen-bond acceptors (Lipinski definition) is 4. The average Bonchev–Trinajstić information content (AvgIpc) is 2.78. The Kier molecular flexibility index (Phi) is 8.36. The van der Waals surface area contributed by atoms with Gasteiger partial charge in [0.2, 0.25) is 5.91 Å². The van der Waals surface area contributed by atoms with Gasteiger partial charge in [-0.05, 0) is 49.5 Å². The van der Waals surface area contributed by atoms with E-state index in [1.165, 1.54) is 0 Å². The molecule has 0 fully saturated rings. The minimum absolute atomic E-state index is 0.00126. The predicted molar refractivity (Wildman–Crippen MR) is 124 cm³/mol. The van der Waals surface area contributed by atoms with E-state index in [0.29, 0.717) is 13.2 Å². The third kappa shape index (κ3) is 6.94. The van der Waals surface area contributed by atoms with Crippen LogP contribution in [0.3, 0.4) is 0 Å². The number of thioether (sulfide) groups is 1. The second kappa shape index (κ2) is 11.4. The van der Waals surface area contributed by atoms with Crippen molar-refractivity contribution in [2.45, 2.75) is 16.7 Å². The molecule has 0 bridgehead atoms. The predicted octanol–water partition coefficient (Wildman–Crippen LogP) is 4.78. The molecule has 156 valence electrons. The van der Waals surface area contributed by atoms with Crippen molar-refractivity contribution in [2.24, 2.45) is 0 Å². The summed E-state index contributed by atoms with van der Waals surface area (Å²) in [6.07, 6.45) is 0. The highest BCUT2D eigenvalue weighted by atomic mass is 32.2. The fourth-order valence-electron chi connectivity index (χ4n) is 2.87. The van der Waals surface area contributed by atoms with Gasteiger partial charge in [0.1, 0.15) is 17.6 Å². The molecular weight excluding hydrogens is 392 g/mol. The van der Waals surface area contributed by atoms with Crippen LogP contribution in [0.5, 0.6) is 5.75 Å². The summed E-state index contributed by atoms with van der Waals surface area (Å²) < 4.78 is 5.73. The van der Waals surface area contributed by atoms with Crippen molar-refractivity contribution in [1.29, 1.82) is 0 Å². The Bertz CT molecular complexity index is 899. The van der Waals surface area contributed by atoms with E-state index in [0.717, 1.165) is 28.3 Å².